The number of carboxylic acid groups (broad SMARTS) is 1. The first-order chi connectivity index (χ1) is 9.29. The highest BCUT2D eigenvalue weighted by molar-refractivity contribution is 5.79. The van der Waals surface area contributed by atoms with Gasteiger partial charge in [0.1, 0.15) is 0 Å². The van der Waals surface area contributed by atoms with Gasteiger partial charge in [-0.05, 0) is 26.3 Å². The Morgan fingerprint density at radius 2 is 1.75 bits per heavy atom. The van der Waals surface area contributed by atoms with Crippen molar-refractivity contribution in [3.8, 4) is 0 Å². The second-order valence-electron chi connectivity index (χ2n) is 5.68. The lowest BCUT2D eigenvalue weighted by Crippen LogP contribution is -2.49. The summed E-state index contributed by atoms with van der Waals surface area (Å²) in [6.45, 7) is 6.04. The van der Waals surface area contributed by atoms with Crippen LogP contribution in [0.5, 0.6) is 0 Å². The summed E-state index contributed by atoms with van der Waals surface area (Å²) in [5, 5.41) is 11.7. The lowest BCUT2D eigenvalue weighted by molar-refractivity contribution is -0.140. The minimum Gasteiger partial charge on any atom is -0.480 e. The molecular weight excluding hydrogens is 256 g/mol. The molecule has 1 amide bonds. The second kappa shape index (κ2) is 7.05. The molecule has 0 bridgehead atoms. The van der Waals surface area contributed by atoms with Crippen molar-refractivity contribution in [1.29, 1.82) is 0 Å². The fourth-order valence-corrected chi connectivity index (χ4v) is 1.72. The molecular formula is C15H22N2O3. The predicted octanol–water partition coefficient (Wildman–Crippen LogP) is 1.49. The molecule has 110 valence electrons. The molecule has 0 unspecified atom stereocenters. The molecule has 5 nitrogen and oxygen atoms in total. The molecule has 0 heterocycles. The summed E-state index contributed by atoms with van der Waals surface area (Å²) in [5.74, 6) is -1.11. The molecule has 0 aliphatic rings. The Kier molecular flexibility index (Phi) is 5.70. The summed E-state index contributed by atoms with van der Waals surface area (Å²) in [7, 11) is 0. The van der Waals surface area contributed by atoms with Crippen LogP contribution in [0.15, 0.2) is 30.3 Å². The van der Waals surface area contributed by atoms with E-state index in [0.29, 0.717) is 6.54 Å². The largest absolute Gasteiger partial charge is 0.480 e. The lowest BCUT2D eigenvalue weighted by atomic mass is 10.1. The molecule has 0 aliphatic carbocycles. The van der Waals surface area contributed by atoms with Gasteiger partial charge in [-0.3, -0.25) is 14.5 Å². The van der Waals surface area contributed by atoms with Crippen LogP contribution >= 0.6 is 0 Å². The van der Waals surface area contributed by atoms with Crippen LogP contribution in [0.2, 0.25) is 0 Å². The van der Waals surface area contributed by atoms with E-state index >= 15 is 0 Å². The van der Waals surface area contributed by atoms with E-state index in [1.54, 1.807) is 4.90 Å². The number of hydrogen-bond acceptors (Lipinski definition) is 3. The predicted molar refractivity (Wildman–Crippen MR) is 77.3 cm³/mol. The monoisotopic (exact) mass is 278 g/mol. The molecule has 0 saturated carbocycles. The van der Waals surface area contributed by atoms with Gasteiger partial charge in [0, 0.05) is 12.1 Å². The van der Waals surface area contributed by atoms with E-state index in [-0.39, 0.29) is 24.5 Å². The number of nitrogens with one attached hydrogen (secondary N) is 1. The maximum absolute atomic E-state index is 11.9. The fourth-order valence-electron chi connectivity index (χ4n) is 1.72. The van der Waals surface area contributed by atoms with Gasteiger partial charge in [-0.2, -0.15) is 0 Å². The highest BCUT2D eigenvalue weighted by atomic mass is 16.4. The van der Waals surface area contributed by atoms with Crippen molar-refractivity contribution in [2.45, 2.75) is 32.9 Å². The Bertz CT molecular complexity index is 452. The van der Waals surface area contributed by atoms with Crippen molar-refractivity contribution in [2.75, 3.05) is 13.1 Å². The molecule has 0 aromatic heterocycles. The maximum atomic E-state index is 11.9. The fraction of sp³-hybridized carbons (Fsp3) is 0.467. The summed E-state index contributed by atoms with van der Waals surface area (Å²) in [4.78, 5) is 24.4. The van der Waals surface area contributed by atoms with E-state index in [2.05, 4.69) is 5.32 Å². The first-order valence-electron chi connectivity index (χ1n) is 6.56. The summed E-state index contributed by atoms with van der Waals surface area (Å²) < 4.78 is 0. The SMILES string of the molecule is CC(C)(C)N(CC(=O)O)CC(=O)NCc1ccccc1. The van der Waals surface area contributed by atoms with E-state index < -0.39 is 5.97 Å². The molecule has 0 spiro atoms. The van der Waals surface area contributed by atoms with Crippen LogP contribution in [0.25, 0.3) is 0 Å². The van der Waals surface area contributed by atoms with E-state index in [1.807, 2.05) is 51.1 Å². The van der Waals surface area contributed by atoms with Crippen LogP contribution in [0.4, 0.5) is 0 Å². The number of carbonyl (C=O) groups is 2. The van der Waals surface area contributed by atoms with Crippen LogP contribution in [0.1, 0.15) is 26.3 Å². The standard InChI is InChI=1S/C15H22N2O3/c1-15(2,3)17(11-14(19)20)10-13(18)16-9-12-7-5-4-6-8-12/h4-8H,9-11H2,1-3H3,(H,16,18)(H,19,20). The van der Waals surface area contributed by atoms with Crippen LogP contribution < -0.4 is 5.32 Å². The molecule has 2 N–H and O–H groups in total. The van der Waals surface area contributed by atoms with Gasteiger partial charge in [-0.1, -0.05) is 30.3 Å². The molecule has 1 rings (SSSR count). The molecule has 0 saturated heterocycles. The Balaban J connectivity index is 2.52. The van der Waals surface area contributed by atoms with Crippen LogP contribution in [-0.2, 0) is 16.1 Å². The Labute approximate surface area is 119 Å². The number of rotatable bonds is 6. The molecule has 0 aliphatic heterocycles. The number of hydrogen-bond donors (Lipinski definition) is 2. The van der Waals surface area contributed by atoms with Crippen molar-refractivity contribution >= 4 is 11.9 Å². The van der Waals surface area contributed by atoms with Gasteiger partial charge in [-0.15, -0.1) is 0 Å². The van der Waals surface area contributed by atoms with Crippen LogP contribution in [0, 0.1) is 0 Å². The number of benzene rings is 1. The van der Waals surface area contributed by atoms with Crippen molar-refractivity contribution in [3.05, 3.63) is 35.9 Å². The van der Waals surface area contributed by atoms with Gasteiger partial charge >= 0.3 is 5.97 Å². The molecule has 20 heavy (non-hydrogen) atoms. The zero-order valence-electron chi connectivity index (χ0n) is 12.2. The molecule has 0 atom stereocenters. The third-order valence-electron chi connectivity index (χ3n) is 2.94. The van der Waals surface area contributed by atoms with Crippen LogP contribution in [0.3, 0.4) is 0 Å². The first kappa shape index (κ1) is 16.2. The van der Waals surface area contributed by atoms with Gasteiger partial charge in [0.25, 0.3) is 0 Å². The zero-order valence-corrected chi connectivity index (χ0v) is 12.2. The van der Waals surface area contributed by atoms with Crippen molar-refractivity contribution in [2.24, 2.45) is 0 Å². The van der Waals surface area contributed by atoms with Gasteiger partial charge in [0.15, 0.2) is 0 Å². The average molecular weight is 278 g/mol. The minimum atomic E-state index is -0.934. The number of carbonyl (C=O) groups excluding carboxylic acids is 1. The quantitative estimate of drug-likeness (QED) is 0.827. The molecule has 5 heteroatoms. The highest BCUT2D eigenvalue weighted by Crippen LogP contribution is 2.12. The molecule has 1 aromatic carbocycles. The van der Waals surface area contributed by atoms with Crippen molar-refractivity contribution in [1.82, 2.24) is 10.2 Å². The van der Waals surface area contributed by atoms with Crippen LogP contribution in [-0.4, -0.2) is 40.5 Å². The summed E-state index contributed by atoms with van der Waals surface area (Å²) in [6.07, 6.45) is 0. The second-order valence-corrected chi connectivity index (χ2v) is 5.68. The highest BCUT2D eigenvalue weighted by Gasteiger charge is 2.25. The number of carboxylic acids is 1. The molecule has 1 aromatic rings. The van der Waals surface area contributed by atoms with E-state index in [4.69, 9.17) is 5.11 Å². The Hall–Kier alpha value is -1.88. The third-order valence-corrected chi connectivity index (χ3v) is 2.94. The Morgan fingerprint density at radius 1 is 1.15 bits per heavy atom. The summed E-state index contributed by atoms with van der Waals surface area (Å²) in [5.41, 5.74) is 0.643. The minimum absolute atomic E-state index is 0.0721. The lowest BCUT2D eigenvalue weighted by Gasteiger charge is -2.33. The van der Waals surface area contributed by atoms with Gasteiger partial charge in [0.2, 0.25) is 5.91 Å². The zero-order chi connectivity index (χ0) is 15.2. The summed E-state index contributed by atoms with van der Waals surface area (Å²) in [6, 6.07) is 9.60. The topological polar surface area (TPSA) is 69.6 Å². The number of aliphatic carboxylic acids is 1. The van der Waals surface area contributed by atoms with Gasteiger partial charge < -0.3 is 10.4 Å². The van der Waals surface area contributed by atoms with Crippen molar-refractivity contribution < 1.29 is 14.7 Å². The Morgan fingerprint density at radius 3 is 2.25 bits per heavy atom. The number of nitrogens with zero attached hydrogens (tertiary/aromatic N) is 1. The normalized spacial score (nSPS) is 11.4. The van der Waals surface area contributed by atoms with Gasteiger partial charge in [-0.25, -0.2) is 0 Å². The number of amides is 1. The van der Waals surface area contributed by atoms with Gasteiger partial charge in [0.05, 0.1) is 13.1 Å². The maximum Gasteiger partial charge on any atom is 0.317 e. The molecule has 0 radical (unpaired) electrons. The van der Waals surface area contributed by atoms with Crippen molar-refractivity contribution in [3.63, 3.8) is 0 Å². The molecule has 0 fully saturated rings. The average Bonchev–Trinajstić information content (AvgIpc) is 2.35. The van der Waals surface area contributed by atoms with E-state index in [1.165, 1.54) is 0 Å². The summed E-state index contributed by atoms with van der Waals surface area (Å²) >= 11 is 0. The van der Waals surface area contributed by atoms with E-state index in [0.717, 1.165) is 5.56 Å². The third kappa shape index (κ3) is 5.84. The first-order valence-corrected chi connectivity index (χ1v) is 6.56. The smallest absolute Gasteiger partial charge is 0.317 e. The van der Waals surface area contributed by atoms with E-state index in [9.17, 15) is 9.59 Å².